The van der Waals surface area contributed by atoms with Crippen molar-refractivity contribution in [3.05, 3.63) is 125 Å². The van der Waals surface area contributed by atoms with Gasteiger partial charge in [-0.15, -0.1) is 0 Å². The maximum absolute atomic E-state index is 14.2. The fourth-order valence-corrected chi connectivity index (χ4v) is 5.81. The SMILES string of the molecule is CC[C@H](C)NC(=O)[C@@H](Cc1ccccc1)N(Cc1cccc(Cl)c1)C(=O)CN(c1ccc(Oc2ccccc2)cc1)S(C)(=O)=O. The van der Waals surface area contributed by atoms with Gasteiger partial charge in [0.2, 0.25) is 21.8 Å². The number of benzene rings is 4. The van der Waals surface area contributed by atoms with Gasteiger partial charge in [0.1, 0.15) is 24.1 Å². The zero-order valence-electron chi connectivity index (χ0n) is 25.6. The monoisotopic (exact) mass is 647 g/mol. The largest absolute Gasteiger partial charge is 0.457 e. The summed E-state index contributed by atoms with van der Waals surface area (Å²) in [5, 5.41) is 3.50. The molecule has 236 valence electrons. The van der Waals surface area contributed by atoms with Gasteiger partial charge in [-0.05, 0) is 73.0 Å². The Kier molecular flexibility index (Phi) is 11.6. The highest BCUT2D eigenvalue weighted by molar-refractivity contribution is 7.92. The van der Waals surface area contributed by atoms with Gasteiger partial charge in [0.25, 0.3) is 0 Å². The van der Waals surface area contributed by atoms with E-state index >= 15 is 0 Å². The Morgan fingerprint density at radius 1 is 0.844 bits per heavy atom. The first kappa shape index (κ1) is 33.6. The van der Waals surface area contributed by atoms with Crippen molar-refractivity contribution in [3.8, 4) is 11.5 Å². The number of hydrogen-bond donors (Lipinski definition) is 1. The molecule has 2 amide bonds. The van der Waals surface area contributed by atoms with Crippen molar-refractivity contribution in [2.45, 2.75) is 45.3 Å². The Bertz CT molecular complexity index is 1670. The molecule has 1 N–H and O–H groups in total. The number of nitrogens with zero attached hydrogens (tertiary/aromatic N) is 2. The number of carbonyl (C=O) groups is 2. The summed E-state index contributed by atoms with van der Waals surface area (Å²) in [6.07, 6.45) is 1.99. The second kappa shape index (κ2) is 15.6. The third-order valence-corrected chi connectivity index (χ3v) is 8.67. The summed E-state index contributed by atoms with van der Waals surface area (Å²) in [7, 11) is -3.90. The standard InChI is InChI=1S/C35H38ClN3O5S/c1-4-26(2)37-35(41)33(23-27-12-7-5-8-13-27)38(24-28-14-11-15-29(36)22-28)34(40)25-39(45(3,42)43)30-18-20-32(21-19-30)44-31-16-9-6-10-17-31/h5-22,26,33H,4,23-25H2,1-3H3,(H,37,41)/t26-,33+/m0/s1. The lowest BCUT2D eigenvalue weighted by Gasteiger charge is -2.34. The molecule has 0 aliphatic carbocycles. The minimum Gasteiger partial charge on any atom is -0.457 e. The van der Waals surface area contributed by atoms with Gasteiger partial charge in [0, 0.05) is 24.0 Å². The minimum atomic E-state index is -3.90. The molecule has 8 nitrogen and oxygen atoms in total. The number of ether oxygens (including phenoxy) is 1. The Labute approximate surface area is 270 Å². The van der Waals surface area contributed by atoms with Crippen LogP contribution in [0.25, 0.3) is 0 Å². The average molecular weight is 648 g/mol. The van der Waals surface area contributed by atoms with Crippen LogP contribution in [-0.2, 0) is 32.6 Å². The highest BCUT2D eigenvalue weighted by Crippen LogP contribution is 2.26. The van der Waals surface area contributed by atoms with Gasteiger partial charge in [-0.1, -0.05) is 79.2 Å². The van der Waals surface area contributed by atoms with E-state index in [1.807, 2.05) is 80.6 Å². The lowest BCUT2D eigenvalue weighted by atomic mass is 10.0. The van der Waals surface area contributed by atoms with Gasteiger partial charge in [0.05, 0.1) is 11.9 Å². The number of nitrogens with one attached hydrogen (secondary N) is 1. The van der Waals surface area contributed by atoms with E-state index in [1.54, 1.807) is 42.5 Å². The molecule has 0 spiro atoms. The molecule has 45 heavy (non-hydrogen) atoms. The van der Waals surface area contributed by atoms with Crippen molar-refractivity contribution in [2.24, 2.45) is 0 Å². The predicted molar refractivity (Wildman–Crippen MR) is 179 cm³/mol. The molecule has 4 aromatic rings. The summed E-state index contributed by atoms with van der Waals surface area (Å²) in [6, 6.07) is 31.1. The number of halogens is 1. The van der Waals surface area contributed by atoms with Gasteiger partial charge in [-0.25, -0.2) is 8.42 Å². The zero-order chi connectivity index (χ0) is 32.4. The van der Waals surface area contributed by atoms with Crippen molar-refractivity contribution in [1.29, 1.82) is 0 Å². The summed E-state index contributed by atoms with van der Waals surface area (Å²) in [5.74, 6) is 0.288. The Hall–Kier alpha value is -4.34. The molecule has 0 fully saturated rings. The van der Waals surface area contributed by atoms with Crippen LogP contribution in [0.15, 0.2) is 109 Å². The summed E-state index contributed by atoms with van der Waals surface area (Å²) < 4.78 is 33.0. The molecule has 0 radical (unpaired) electrons. The van der Waals surface area contributed by atoms with E-state index < -0.39 is 28.5 Å². The van der Waals surface area contributed by atoms with E-state index in [0.717, 1.165) is 16.1 Å². The molecule has 0 aliphatic heterocycles. The van der Waals surface area contributed by atoms with Gasteiger partial charge >= 0.3 is 0 Å². The summed E-state index contributed by atoms with van der Waals surface area (Å²) in [4.78, 5) is 29.5. The minimum absolute atomic E-state index is 0.0479. The van der Waals surface area contributed by atoms with Gasteiger partial charge in [-0.2, -0.15) is 0 Å². The molecule has 0 bridgehead atoms. The molecule has 0 aliphatic rings. The number of carbonyl (C=O) groups excluding carboxylic acids is 2. The lowest BCUT2D eigenvalue weighted by Crippen LogP contribution is -2.54. The number of amides is 2. The summed E-state index contributed by atoms with van der Waals surface area (Å²) in [5.41, 5.74) is 1.86. The molecule has 0 saturated carbocycles. The maximum atomic E-state index is 14.2. The van der Waals surface area contributed by atoms with Crippen LogP contribution in [-0.4, -0.2) is 50.0 Å². The van der Waals surface area contributed by atoms with Gasteiger partial charge in [0.15, 0.2) is 0 Å². The van der Waals surface area contributed by atoms with Crippen LogP contribution in [0, 0.1) is 0 Å². The predicted octanol–water partition coefficient (Wildman–Crippen LogP) is 6.45. The normalized spacial score (nSPS) is 12.5. The molecule has 4 rings (SSSR count). The summed E-state index contributed by atoms with van der Waals surface area (Å²) >= 11 is 6.27. The van der Waals surface area contributed by atoms with Gasteiger partial charge in [-0.3, -0.25) is 13.9 Å². The first-order chi connectivity index (χ1) is 21.5. The van der Waals surface area contributed by atoms with E-state index in [9.17, 15) is 18.0 Å². The number of hydrogen-bond acceptors (Lipinski definition) is 5. The molecule has 0 aromatic heterocycles. The molecule has 0 saturated heterocycles. The Morgan fingerprint density at radius 3 is 2.04 bits per heavy atom. The molecule has 10 heteroatoms. The molecule has 2 atom stereocenters. The third-order valence-electron chi connectivity index (χ3n) is 7.30. The van der Waals surface area contributed by atoms with Crippen LogP contribution in [0.4, 0.5) is 5.69 Å². The Morgan fingerprint density at radius 2 is 1.44 bits per heavy atom. The van der Waals surface area contributed by atoms with Crippen LogP contribution >= 0.6 is 11.6 Å². The molecule has 0 heterocycles. The van der Waals surface area contributed by atoms with E-state index in [2.05, 4.69) is 5.32 Å². The van der Waals surface area contributed by atoms with Crippen molar-refractivity contribution in [2.75, 3.05) is 17.1 Å². The van der Waals surface area contributed by atoms with E-state index in [4.69, 9.17) is 16.3 Å². The van der Waals surface area contributed by atoms with Crippen LogP contribution in [0.3, 0.4) is 0 Å². The topological polar surface area (TPSA) is 96.0 Å². The fraction of sp³-hybridized carbons (Fsp3) is 0.257. The van der Waals surface area contributed by atoms with Crippen molar-refractivity contribution >= 4 is 39.1 Å². The first-order valence-electron chi connectivity index (χ1n) is 14.7. The summed E-state index contributed by atoms with van der Waals surface area (Å²) in [6.45, 7) is 3.40. The quantitative estimate of drug-likeness (QED) is 0.170. The van der Waals surface area contributed by atoms with Crippen LogP contribution in [0.2, 0.25) is 5.02 Å². The Balaban J connectivity index is 1.68. The molecular formula is C35H38ClN3O5S. The van der Waals surface area contributed by atoms with Crippen LogP contribution in [0.5, 0.6) is 11.5 Å². The third kappa shape index (κ3) is 9.83. The maximum Gasteiger partial charge on any atom is 0.244 e. The van der Waals surface area contributed by atoms with E-state index in [0.29, 0.717) is 28.5 Å². The molecular weight excluding hydrogens is 610 g/mol. The number of para-hydroxylation sites is 1. The first-order valence-corrected chi connectivity index (χ1v) is 16.9. The van der Waals surface area contributed by atoms with Crippen LogP contribution < -0.4 is 14.4 Å². The van der Waals surface area contributed by atoms with Crippen LogP contribution in [0.1, 0.15) is 31.4 Å². The van der Waals surface area contributed by atoms with E-state index in [-0.39, 0.29) is 30.6 Å². The molecule has 0 unspecified atom stereocenters. The highest BCUT2D eigenvalue weighted by Gasteiger charge is 2.33. The van der Waals surface area contributed by atoms with Crippen molar-refractivity contribution < 1.29 is 22.7 Å². The molecule has 4 aromatic carbocycles. The zero-order valence-corrected chi connectivity index (χ0v) is 27.2. The average Bonchev–Trinajstić information content (AvgIpc) is 3.02. The van der Waals surface area contributed by atoms with Crippen molar-refractivity contribution in [3.63, 3.8) is 0 Å². The second-order valence-electron chi connectivity index (χ2n) is 10.9. The smallest absolute Gasteiger partial charge is 0.244 e. The number of sulfonamides is 1. The number of anilines is 1. The van der Waals surface area contributed by atoms with Crippen molar-refractivity contribution in [1.82, 2.24) is 10.2 Å². The number of rotatable bonds is 14. The highest BCUT2D eigenvalue weighted by atomic mass is 35.5. The van der Waals surface area contributed by atoms with Gasteiger partial charge < -0.3 is 15.0 Å². The van der Waals surface area contributed by atoms with E-state index in [1.165, 1.54) is 4.90 Å². The second-order valence-corrected chi connectivity index (χ2v) is 13.2. The lowest BCUT2D eigenvalue weighted by molar-refractivity contribution is -0.140. The fourth-order valence-electron chi connectivity index (χ4n) is 4.75.